The highest BCUT2D eigenvalue weighted by Gasteiger charge is 2.19. The topological polar surface area (TPSA) is 59.2 Å². The summed E-state index contributed by atoms with van der Waals surface area (Å²) >= 11 is 4.88. The normalized spacial score (nSPS) is 10.6. The molecule has 20 heavy (non-hydrogen) atoms. The molecule has 1 aromatic rings. The molecule has 1 heterocycles. The number of carbonyl (C=O) groups excluding carboxylic acids is 1. The fourth-order valence-electron chi connectivity index (χ4n) is 1.94. The first-order chi connectivity index (χ1) is 9.47. The van der Waals surface area contributed by atoms with Crippen LogP contribution < -0.4 is 5.73 Å². The Morgan fingerprint density at radius 3 is 2.55 bits per heavy atom. The second-order valence-electron chi connectivity index (χ2n) is 5.10. The van der Waals surface area contributed by atoms with E-state index in [-0.39, 0.29) is 11.9 Å². The van der Waals surface area contributed by atoms with Crippen LogP contribution in [0.25, 0.3) is 0 Å². The average Bonchev–Trinajstić information content (AvgIpc) is 2.42. The maximum absolute atomic E-state index is 12.5. The van der Waals surface area contributed by atoms with Crippen LogP contribution in [0.3, 0.4) is 0 Å². The van der Waals surface area contributed by atoms with Crippen molar-refractivity contribution in [2.45, 2.75) is 46.1 Å². The van der Waals surface area contributed by atoms with E-state index in [0.29, 0.717) is 16.2 Å². The maximum atomic E-state index is 12.5. The first kappa shape index (κ1) is 16.6. The minimum absolute atomic E-state index is 0.0365. The quantitative estimate of drug-likeness (QED) is 0.620. The van der Waals surface area contributed by atoms with E-state index in [1.54, 1.807) is 18.3 Å². The maximum Gasteiger partial charge on any atom is 0.272 e. The van der Waals surface area contributed by atoms with Gasteiger partial charge in [0.05, 0.1) is 0 Å². The Labute approximate surface area is 126 Å². The van der Waals surface area contributed by atoms with E-state index < -0.39 is 0 Å². The van der Waals surface area contributed by atoms with E-state index >= 15 is 0 Å². The molecule has 0 aliphatic heterocycles. The molecule has 1 aromatic heterocycles. The molecule has 0 fully saturated rings. The van der Waals surface area contributed by atoms with Crippen LogP contribution in [0.15, 0.2) is 18.3 Å². The first-order valence-electron chi connectivity index (χ1n) is 7.04. The highest BCUT2D eigenvalue weighted by Crippen LogP contribution is 2.10. The van der Waals surface area contributed by atoms with Crippen LogP contribution in [-0.4, -0.2) is 33.4 Å². The number of nitrogens with two attached hydrogens (primary N) is 1. The Morgan fingerprint density at radius 1 is 1.40 bits per heavy atom. The number of amides is 1. The fraction of sp³-hybridized carbons (Fsp3) is 0.533. The lowest BCUT2D eigenvalue weighted by molar-refractivity contribution is 0.0696. The average molecular weight is 293 g/mol. The van der Waals surface area contributed by atoms with E-state index in [2.05, 4.69) is 11.9 Å². The minimum atomic E-state index is -0.0365. The molecule has 0 bridgehead atoms. The van der Waals surface area contributed by atoms with Crippen molar-refractivity contribution in [3.8, 4) is 0 Å². The zero-order valence-corrected chi connectivity index (χ0v) is 13.2. The van der Waals surface area contributed by atoms with Crippen LogP contribution in [0.4, 0.5) is 0 Å². The number of thiocarbonyl (C=S) groups is 1. The summed E-state index contributed by atoms with van der Waals surface area (Å²) in [4.78, 5) is 18.8. The van der Waals surface area contributed by atoms with Crippen molar-refractivity contribution in [2.24, 2.45) is 5.73 Å². The van der Waals surface area contributed by atoms with Crippen LogP contribution in [0, 0.1) is 0 Å². The van der Waals surface area contributed by atoms with Crippen LogP contribution in [0.1, 0.15) is 56.1 Å². The van der Waals surface area contributed by atoms with E-state index in [1.165, 1.54) is 0 Å². The van der Waals surface area contributed by atoms with E-state index in [9.17, 15) is 4.79 Å². The third-order valence-corrected chi connectivity index (χ3v) is 3.39. The van der Waals surface area contributed by atoms with Gasteiger partial charge in [-0.2, -0.15) is 0 Å². The number of nitrogens with zero attached hydrogens (tertiary/aromatic N) is 2. The summed E-state index contributed by atoms with van der Waals surface area (Å²) in [5.41, 5.74) is 6.64. The van der Waals surface area contributed by atoms with Crippen LogP contribution in [0.2, 0.25) is 0 Å². The third kappa shape index (κ3) is 4.56. The number of aromatic nitrogens is 1. The van der Waals surface area contributed by atoms with Crippen molar-refractivity contribution in [1.29, 1.82) is 0 Å². The Morgan fingerprint density at radius 2 is 2.10 bits per heavy atom. The SMILES string of the molecule is CCCCCN(C(=O)c1ccc(C(N)=S)cn1)C(C)C. The highest BCUT2D eigenvalue weighted by molar-refractivity contribution is 7.80. The summed E-state index contributed by atoms with van der Waals surface area (Å²) in [6, 6.07) is 3.59. The molecule has 2 N–H and O–H groups in total. The van der Waals surface area contributed by atoms with Crippen molar-refractivity contribution in [3.63, 3.8) is 0 Å². The van der Waals surface area contributed by atoms with Gasteiger partial charge in [0.2, 0.25) is 0 Å². The molecule has 5 heteroatoms. The van der Waals surface area contributed by atoms with Gasteiger partial charge in [-0.15, -0.1) is 0 Å². The fourth-order valence-corrected chi connectivity index (χ4v) is 2.06. The summed E-state index contributed by atoms with van der Waals surface area (Å²) in [5.74, 6) is -0.0365. The predicted molar refractivity (Wildman–Crippen MR) is 85.8 cm³/mol. The van der Waals surface area contributed by atoms with Gasteiger partial charge in [-0.1, -0.05) is 32.0 Å². The predicted octanol–water partition coefficient (Wildman–Crippen LogP) is 2.76. The summed E-state index contributed by atoms with van der Waals surface area (Å²) in [5, 5.41) is 0. The van der Waals surface area contributed by atoms with Gasteiger partial charge in [-0.3, -0.25) is 9.78 Å². The lowest BCUT2D eigenvalue weighted by Crippen LogP contribution is -2.38. The number of hydrogen-bond donors (Lipinski definition) is 1. The van der Waals surface area contributed by atoms with Gasteiger partial charge in [0, 0.05) is 24.3 Å². The highest BCUT2D eigenvalue weighted by atomic mass is 32.1. The summed E-state index contributed by atoms with van der Waals surface area (Å²) in [7, 11) is 0. The van der Waals surface area contributed by atoms with Crippen molar-refractivity contribution in [3.05, 3.63) is 29.6 Å². The van der Waals surface area contributed by atoms with Gasteiger partial charge in [0.15, 0.2) is 0 Å². The van der Waals surface area contributed by atoms with Gasteiger partial charge in [-0.05, 0) is 32.4 Å². The van der Waals surface area contributed by atoms with Crippen molar-refractivity contribution >= 4 is 23.1 Å². The van der Waals surface area contributed by atoms with Gasteiger partial charge >= 0.3 is 0 Å². The Hall–Kier alpha value is -1.49. The minimum Gasteiger partial charge on any atom is -0.389 e. The van der Waals surface area contributed by atoms with Crippen molar-refractivity contribution < 1.29 is 4.79 Å². The number of unbranched alkanes of at least 4 members (excludes halogenated alkanes) is 2. The second-order valence-corrected chi connectivity index (χ2v) is 5.54. The van der Waals surface area contributed by atoms with E-state index in [4.69, 9.17) is 18.0 Å². The van der Waals surface area contributed by atoms with Gasteiger partial charge in [-0.25, -0.2) is 0 Å². The lowest BCUT2D eigenvalue weighted by atomic mass is 10.2. The molecule has 0 atom stereocenters. The molecule has 0 aliphatic carbocycles. The largest absolute Gasteiger partial charge is 0.389 e. The molecule has 0 aromatic carbocycles. The summed E-state index contributed by atoms with van der Waals surface area (Å²) in [6.45, 7) is 6.96. The Bertz CT molecular complexity index is 457. The van der Waals surface area contributed by atoms with Crippen LogP contribution >= 0.6 is 12.2 Å². The molecule has 0 spiro atoms. The van der Waals surface area contributed by atoms with Crippen molar-refractivity contribution in [1.82, 2.24) is 9.88 Å². The molecule has 1 rings (SSSR count). The van der Waals surface area contributed by atoms with E-state index in [1.807, 2.05) is 18.7 Å². The number of pyridine rings is 1. The Balaban J connectivity index is 2.80. The first-order valence-corrected chi connectivity index (χ1v) is 7.45. The Kier molecular flexibility index (Phi) is 6.58. The van der Waals surface area contributed by atoms with Gasteiger partial charge in [0.1, 0.15) is 10.7 Å². The molecule has 0 saturated heterocycles. The standard InChI is InChI=1S/C15H23N3OS/c1-4-5-6-9-18(11(2)3)15(19)13-8-7-12(10-17-13)14(16)20/h7-8,10-11H,4-6,9H2,1-3H3,(H2,16,20). The molecular formula is C15H23N3OS. The molecule has 0 aliphatic rings. The molecule has 0 unspecified atom stereocenters. The van der Waals surface area contributed by atoms with Gasteiger partial charge < -0.3 is 10.6 Å². The molecule has 1 amide bonds. The molecule has 0 radical (unpaired) electrons. The van der Waals surface area contributed by atoms with Gasteiger partial charge in [0.25, 0.3) is 5.91 Å². The van der Waals surface area contributed by atoms with Crippen molar-refractivity contribution in [2.75, 3.05) is 6.54 Å². The number of rotatable bonds is 7. The monoisotopic (exact) mass is 293 g/mol. The smallest absolute Gasteiger partial charge is 0.272 e. The summed E-state index contributed by atoms with van der Waals surface area (Å²) < 4.78 is 0. The number of hydrogen-bond acceptors (Lipinski definition) is 3. The molecule has 4 nitrogen and oxygen atoms in total. The zero-order valence-electron chi connectivity index (χ0n) is 12.4. The second kappa shape index (κ2) is 7.94. The number of carbonyl (C=O) groups is 1. The molecule has 0 saturated carbocycles. The molecular weight excluding hydrogens is 270 g/mol. The van der Waals surface area contributed by atoms with Crippen LogP contribution in [0.5, 0.6) is 0 Å². The molecule has 110 valence electrons. The van der Waals surface area contributed by atoms with Crippen LogP contribution in [-0.2, 0) is 0 Å². The summed E-state index contributed by atoms with van der Waals surface area (Å²) in [6.07, 6.45) is 4.84. The third-order valence-electron chi connectivity index (χ3n) is 3.15. The lowest BCUT2D eigenvalue weighted by Gasteiger charge is -2.26. The zero-order chi connectivity index (χ0) is 15.1. The van der Waals surface area contributed by atoms with E-state index in [0.717, 1.165) is 25.8 Å².